The van der Waals surface area contributed by atoms with Gasteiger partial charge in [-0.15, -0.1) is 11.8 Å². The van der Waals surface area contributed by atoms with Gasteiger partial charge in [0.25, 0.3) is 0 Å². The molecule has 0 radical (unpaired) electrons. The second-order valence-electron chi connectivity index (χ2n) is 9.05. The first-order chi connectivity index (χ1) is 16.6. The molecule has 178 valence electrons. The van der Waals surface area contributed by atoms with Gasteiger partial charge in [-0.25, -0.2) is 4.39 Å². The molecule has 1 unspecified atom stereocenters. The van der Waals surface area contributed by atoms with Crippen molar-refractivity contribution in [3.05, 3.63) is 78.1 Å². The molecule has 3 aromatic carbocycles. The fourth-order valence-electron chi connectivity index (χ4n) is 5.09. The number of thioether (sulfide) groups is 1. The molecule has 0 amide bonds. The van der Waals surface area contributed by atoms with Crippen molar-refractivity contribution in [1.82, 2.24) is 4.90 Å². The Kier molecular flexibility index (Phi) is 7.49. The fourth-order valence-corrected chi connectivity index (χ4v) is 6.60. The average molecular weight is 495 g/mol. The summed E-state index contributed by atoms with van der Waals surface area (Å²) in [5.74, 6) is -0.182. The molecule has 0 spiro atoms. The average Bonchev–Trinajstić information content (AvgIpc) is 2.88. The largest absolute Gasteiger partial charge is 0.388 e. The highest BCUT2D eigenvalue weighted by Gasteiger charge is 2.28. The van der Waals surface area contributed by atoms with Gasteiger partial charge in [0.2, 0.25) is 0 Å². The highest BCUT2D eigenvalue weighted by molar-refractivity contribution is 8.00. The molecule has 1 saturated heterocycles. The maximum Gasteiger partial charge on any atom is 0.129 e. The zero-order valence-corrected chi connectivity index (χ0v) is 21.1. The Morgan fingerprint density at radius 2 is 1.71 bits per heavy atom. The lowest BCUT2D eigenvalue weighted by molar-refractivity contribution is 0.0564. The molecule has 0 aliphatic carbocycles. The van der Waals surface area contributed by atoms with Crippen LogP contribution >= 0.6 is 23.5 Å². The van der Waals surface area contributed by atoms with Crippen molar-refractivity contribution in [2.45, 2.75) is 40.1 Å². The van der Waals surface area contributed by atoms with E-state index in [1.165, 1.54) is 32.1 Å². The van der Waals surface area contributed by atoms with Gasteiger partial charge in [-0.2, -0.15) is 0 Å². The number of halogens is 1. The number of fused-ring (bicyclic) bond motifs is 2. The van der Waals surface area contributed by atoms with Gasteiger partial charge in [0.1, 0.15) is 5.82 Å². The molecule has 1 N–H and O–H groups in total. The van der Waals surface area contributed by atoms with E-state index in [9.17, 15) is 9.50 Å². The summed E-state index contributed by atoms with van der Waals surface area (Å²) >= 11 is 3.64. The topological polar surface area (TPSA) is 26.7 Å². The van der Waals surface area contributed by atoms with Crippen LogP contribution in [0.4, 0.5) is 15.8 Å². The normalized spacial score (nSPS) is 17.3. The highest BCUT2D eigenvalue weighted by Crippen LogP contribution is 2.48. The minimum atomic E-state index is -0.715. The molecule has 5 rings (SSSR count). The number of aliphatic hydroxyl groups excluding tert-OH is 1. The Labute approximate surface area is 210 Å². The Bertz CT molecular complexity index is 1130. The van der Waals surface area contributed by atoms with E-state index in [0.717, 1.165) is 45.4 Å². The second kappa shape index (κ2) is 10.7. The Morgan fingerprint density at radius 3 is 2.50 bits per heavy atom. The second-order valence-corrected chi connectivity index (χ2v) is 11.0. The highest BCUT2D eigenvalue weighted by atomic mass is 32.2. The summed E-state index contributed by atoms with van der Waals surface area (Å²) in [7, 11) is 0. The summed E-state index contributed by atoms with van der Waals surface area (Å²) in [5.41, 5.74) is 3.04. The third kappa shape index (κ3) is 5.01. The van der Waals surface area contributed by atoms with Crippen LogP contribution in [0.5, 0.6) is 0 Å². The predicted molar refractivity (Wildman–Crippen MR) is 141 cm³/mol. The first-order valence-corrected chi connectivity index (χ1v) is 14.1. The minimum Gasteiger partial charge on any atom is -0.388 e. The Morgan fingerprint density at radius 1 is 0.971 bits per heavy atom. The van der Waals surface area contributed by atoms with Crippen LogP contribution in [0.15, 0.2) is 81.4 Å². The third-order valence-corrected chi connectivity index (χ3v) is 8.85. The molecule has 2 heterocycles. The van der Waals surface area contributed by atoms with E-state index in [2.05, 4.69) is 58.5 Å². The van der Waals surface area contributed by atoms with Crippen LogP contribution in [0, 0.1) is 11.7 Å². The number of benzene rings is 3. The van der Waals surface area contributed by atoms with Crippen LogP contribution < -0.4 is 4.90 Å². The van der Waals surface area contributed by atoms with Gasteiger partial charge in [0.15, 0.2) is 0 Å². The summed E-state index contributed by atoms with van der Waals surface area (Å²) in [6.45, 7) is 3.91. The van der Waals surface area contributed by atoms with Crippen LogP contribution in [0.1, 0.15) is 30.9 Å². The molecule has 3 nitrogen and oxygen atoms in total. The number of nitrogens with zero attached hydrogens (tertiary/aromatic N) is 2. The van der Waals surface area contributed by atoms with Gasteiger partial charge in [-0.05, 0) is 87.5 Å². The molecule has 34 heavy (non-hydrogen) atoms. The zero-order chi connectivity index (χ0) is 23.5. The number of rotatable bonds is 7. The first kappa shape index (κ1) is 23.7. The van der Waals surface area contributed by atoms with Gasteiger partial charge in [0.05, 0.1) is 17.5 Å². The van der Waals surface area contributed by atoms with Crippen LogP contribution in [-0.4, -0.2) is 42.4 Å². The smallest absolute Gasteiger partial charge is 0.129 e. The number of hydrogen-bond donors (Lipinski definition) is 1. The van der Waals surface area contributed by atoms with Crippen LogP contribution in [0.3, 0.4) is 0 Å². The van der Waals surface area contributed by atoms with E-state index in [0.29, 0.717) is 5.56 Å². The molecule has 2 aliphatic rings. The van der Waals surface area contributed by atoms with Crippen LogP contribution in [0.25, 0.3) is 0 Å². The Hall–Kier alpha value is -1.99. The van der Waals surface area contributed by atoms with E-state index in [1.54, 1.807) is 30.0 Å². The van der Waals surface area contributed by atoms with Crippen molar-refractivity contribution < 1.29 is 9.50 Å². The van der Waals surface area contributed by atoms with Crippen molar-refractivity contribution in [3.63, 3.8) is 0 Å². The molecule has 0 bridgehead atoms. The van der Waals surface area contributed by atoms with E-state index < -0.39 is 6.10 Å². The number of piperidine rings is 1. The van der Waals surface area contributed by atoms with Crippen LogP contribution in [-0.2, 0) is 0 Å². The SMILES string of the molecule is CSc1ccc2c(c1)N(CCCN1CCC(C(O)c3ccccc3F)CC1)c1ccccc1S2. The van der Waals surface area contributed by atoms with Gasteiger partial charge in [0, 0.05) is 26.8 Å². The quantitative estimate of drug-likeness (QED) is 0.357. The standard InChI is InChI=1S/C28H31FN2OS2/c1-33-21-11-12-27-25(19-21)31(24-9-4-5-10-26(24)34-27)16-6-15-30-17-13-20(14-18-30)28(32)22-7-2-3-8-23(22)29/h2-5,7-12,19-20,28,32H,6,13-18H2,1H3. The molecule has 0 saturated carbocycles. The molecular formula is C28H31FN2OS2. The summed E-state index contributed by atoms with van der Waals surface area (Å²) in [4.78, 5) is 8.90. The van der Waals surface area contributed by atoms with E-state index in [1.807, 2.05) is 11.8 Å². The first-order valence-electron chi connectivity index (χ1n) is 12.0. The number of aliphatic hydroxyl groups is 1. The van der Waals surface area contributed by atoms with Gasteiger partial charge < -0.3 is 14.9 Å². The van der Waals surface area contributed by atoms with Crippen LogP contribution in [0.2, 0.25) is 0 Å². The molecule has 2 aliphatic heterocycles. The molecule has 1 atom stereocenters. The lowest BCUT2D eigenvalue weighted by atomic mass is 9.87. The molecular weight excluding hydrogens is 463 g/mol. The maximum atomic E-state index is 14.1. The minimum absolute atomic E-state index is 0.121. The van der Waals surface area contributed by atoms with E-state index >= 15 is 0 Å². The Balaban J connectivity index is 1.20. The summed E-state index contributed by atoms with van der Waals surface area (Å²) in [5, 5.41) is 10.7. The number of anilines is 2. The van der Waals surface area contributed by atoms with Crippen molar-refractivity contribution in [3.8, 4) is 0 Å². The van der Waals surface area contributed by atoms with Gasteiger partial charge >= 0.3 is 0 Å². The van der Waals surface area contributed by atoms with Gasteiger partial charge in [-0.3, -0.25) is 0 Å². The number of likely N-dealkylation sites (tertiary alicyclic amines) is 1. The lowest BCUT2D eigenvalue weighted by Crippen LogP contribution is -2.37. The molecule has 0 aromatic heterocycles. The van der Waals surface area contributed by atoms with Gasteiger partial charge in [-0.1, -0.05) is 42.1 Å². The van der Waals surface area contributed by atoms with Crippen molar-refractivity contribution >= 4 is 34.9 Å². The predicted octanol–water partition coefficient (Wildman–Crippen LogP) is 6.99. The molecule has 3 aromatic rings. The zero-order valence-electron chi connectivity index (χ0n) is 19.5. The van der Waals surface area contributed by atoms with Crippen molar-refractivity contribution in [1.29, 1.82) is 0 Å². The number of para-hydroxylation sites is 1. The van der Waals surface area contributed by atoms with E-state index in [-0.39, 0.29) is 11.7 Å². The van der Waals surface area contributed by atoms with Crippen molar-refractivity contribution in [2.24, 2.45) is 5.92 Å². The maximum absolute atomic E-state index is 14.1. The third-order valence-electron chi connectivity index (χ3n) is 6.99. The molecule has 1 fully saturated rings. The number of hydrogen-bond acceptors (Lipinski definition) is 5. The fraction of sp³-hybridized carbons (Fsp3) is 0.357. The van der Waals surface area contributed by atoms with Crippen molar-refractivity contribution in [2.75, 3.05) is 37.3 Å². The van der Waals surface area contributed by atoms with E-state index in [4.69, 9.17) is 0 Å². The molecule has 6 heteroatoms. The summed E-state index contributed by atoms with van der Waals surface area (Å²) < 4.78 is 14.1. The summed E-state index contributed by atoms with van der Waals surface area (Å²) in [6.07, 6.45) is 4.29. The lowest BCUT2D eigenvalue weighted by Gasteiger charge is -2.36. The monoisotopic (exact) mass is 494 g/mol. The summed E-state index contributed by atoms with van der Waals surface area (Å²) in [6, 6.07) is 22.1.